The van der Waals surface area contributed by atoms with Crippen LogP contribution in [0.2, 0.25) is 0 Å². The number of hydrogen-bond donors (Lipinski definition) is 2. The first-order valence-electron chi connectivity index (χ1n) is 8.55. The van der Waals surface area contributed by atoms with Crippen LogP contribution in [-0.2, 0) is 11.0 Å². The van der Waals surface area contributed by atoms with Crippen LogP contribution in [0.3, 0.4) is 0 Å². The van der Waals surface area contributed by atoms with E-state index in [0.29, 0.717) is 12.1 Å². The molecule has 1 fully saturated rings. The smallest absolute Gasteiger partial charge is 0.328 e. The summed E-state index contributed by atoms with van der Waals surface area (Å²) in [7, 11) is 0. The minimum Gasteiger partial charge on any atom is -0.328 e. The summed E-state index contributed by atoms with van der Waals surface area (Å²) in [6.07, 6.45) is -1.45. The van der Waals surface area contributed by atoms with Gasteiger partial charge in [0.1, 0.15) is 5.82 Å². The number of para-hydroxylation sites is 1. The van der Waals surface area contributed by atoms with Gasteiger partial charge in [-0.05, 0) is 38.3 Å². The maximum atomic E-state index is 13.3. The molecule has 1 saturated carbocycles. The van der Waals surface area contributed by atoms with Crippen molar-refractivity contribution in [3.05, 3.63) is 41.6 Å². The van der Waals surface area contributed by atoms with Crippen molar-refractivity contribution in [2.24, 2.45) is 11.7 Å². The lowest BCUT2D eigenvalue weighted by Gasteiger charge is -2.25. The molecule has 0 spiro atoms. The molecule has 1 aromatic carbocycles. The minimum atomic E-state index is -4.52. The van der Waals surface area contributed by atoms with E-state index >= 15 is 0 Å². The van der Waals surface area contributed by atoms with Crippen molar-refractivity contribution < 1.29 is 18.0 Å². The molecule has 2 unspecified atom stereocenters. The molecule has 0 bridgehead atoms. The highest BCUT2D eigenvalue weighted by atomic mass is 19.4. The number of hydrogen-bond acceptors (Lipinski definition) is 3. The number of halogens is 3. The molecule has 0 aliphatic heterocycles. The van der Waals surface area contributed by atoms with Crippen molar-refractivity contribution >= 4 is 11.7 Å². The first-order chi connectivity index (χ1) is 12.3. The van der Waals surface area contributed by atoms with Gasteiger partial charge in [-0.3, -0.25) is 4.79 Å². The summed E-state index contributed by atoms with van der Waals surface area (Å²) in [4.78, 5) is 12.6. The van der Waals surface area contributed by atoms with Gasteiger partial charge in [0.2, 0.25) is 5.91 Å². The van der Waals surface area contributed by atoms with Crippen molar-refractivity contribution in [3.8, 4) is 5.69 Å². The zero-order chi connectivity index (χ0) is 18.9. The fourth-order valence-electron chi connectivity index (χ4n) is 3.36. The predicted octanol–water partition coefficient (Wildman–Crippen LogP) is 3.66. The number of alkyl halides is 3. The first kappa shape index (κ1) is 18.4. The average Bonchev–Trinajstić information content (AvgIpc) is 2.94. The molecule has 1 aliphatic carbocycles. The Kier molecular flexibility index (Phi) is 5.04. The highest BCUT2D eigenvalue weighted by Crippen LogP contribution is 2.35. The Balaban J connectivity index is 1.91. The normalized spacial score (nSPS) is 20.8. The zero-order valence-corrected chi connectivity index (χ0v) is 14.4. The standard InChI is InChI=1S/C18H21F3N4O/c1-11-9-16(23-17(26)12-5-4-6-13(22)10-12)25(24-11)15-8-3-2-7-14(15)18(19,20)21/h2-3,7-9,12-13H,4-6,10,22H2,1H3,(H,23,26). The number of anilines is 1. The zero-order valence-electron chi connectivity index (χ0n) is 14.4. The molecule has 1 aromatic heterocycles. The largest absolute Gasteiger partial charge is 0.418 e. The maximum Gasteiger partial charge on any atom is 0.418 e. The average molecular weight is 366 g/mol. The summed E-state index contributed by atoms with van der Waals surface area (Å²) >= 11 is 0. The van der Waals surface area contributed by atoms with Crippen LogP contribution in [0.5, 0.6) is 0 Å². The summed E-state index contributed by atoms with van der Waals surface area (Å²) in [6.45, 7) is 1.67. The Bertz CT molecular complexity index is 800. The molecule has 1 amide bonds. The molecule has 0 saturated heterocycles. The number of aromatic nitrogens is 2. The minimum absolute atomic E-state index is 0.0166. The number of benzene rings is 1. The van der Waals surface area contributed by atoms with E-state index in [9.17, 15) is 18.0 Å². The highest BCUT2D eigenvalue weighted by molar-refractivity contribution is 5.92. The molecule has 3 rings (SSSR count). The number of amides is 1. The van der Waals surface area contributed by atoms with Crippen LogP contribution in [0.1, 0.15) is 36.9 Å². The van der Waals surface area contributed by atoms with Crippen molar-refractivity contribution in [3.63, 3.8) is 0 Å². The van der Waals surface area contributed by atoms with E-state index in [1.807, 2.05) is 0 Å². The van der Waals surface area contributed by atoms with Gasteiger partial charge in [0.15, 0.2) is 0 Å². The van der Waals surface area contributed by atoms with Crippen molar-refractivity contribution in [1.29, 1.82) is 0 Å². The summed E-state index contributed by atoms with van der Waals surface area (Å²) in [6, 6.07) is 6.71. The maximum absolute atomic E-state index is 13.3. The van der Waals surface area contributed by atoms with E-state index < -0.39 is 11.7 Å². The van der Waals surface area contributed by atoms with Gasteiger partial charge in [-0.1, -0.05) is 18.6 Å². The van der Waals surface area contributed by atoms with Gasteiger partial charge in [-0.2, -0.15) is 18.3 Å². The van der Waals surface area contributed by atoms with Gasteiger partial charge >= 0.3 is 6.18 Å². The fraction of sp³-hybridized carbons (Fsp3) is 0.444. The SMILES string of the molecule is Cc1cc(NC(=O)C2CCCC(N)C2)n(-c2ccccc2C(F)(F)F)n1. The number of aryl methyl sites for hydroxylation is 1. The topological polar surface area (TPSA) is 72.9 Å². The van der Waals surface area contributed by atoms with Crippen LogP contribution in [0.15, 0.2) is 30.3 Å². The summed E-state index contributed by atoms with van der Waals surface area (Å²) in [5.74, 6) is -0.241. The van der Waals surface area contributed by atoms with Crippen LogP contribution >= 0.6 is 0 Å². The lowest BCUT2D eigenvalue weighted by atomic mass is 9.85. The number of nitrogens with zero attached hydrogens (tertiary/aromatic N) is 2. The van der Waals surface area contributed by atoms with Gasteiger partial charge in [-0.15, -0.1) is 0 Å². The van der Waals surface area contributed by atoms with E-state index in [4.69, 9.17) is 5.73 Å². The molecular formula is C18H21F3N4O. The second kappa shape index (κ2) is 7.11. The summed E-state index contributed by atoms with van der Waals surface area (Å²) < 4.78 is 41.1. The predicted molar refractivity (Wildman–Crippen MR) is 91.9 cm³/mol. The van der Waals surface area contributed by atoms with Gasteiger partial charge in [0.25, 0.3) is 0 Å². The first-order valence-corrected chi connectivity index (χ1v) is 8.55. The Morgan fingerprint density at radius 3 is 2.73 bits per heavy atom. The van der Waals surface area contributed by atoms with Gasteiger partial charge in [-0.25, -0.2) is 4.68 Å². The lowest BCUT2D eigenvalue weighted by Crippen LogP contribution is -2.34. The van der Waals surface area contributed by atoms with Gasteiger partial charge < -0.3 is 11.1 Å². The van der Waals surface area contributed by atoms with Crippen LogP contribution in [0, 0.1) is 12.8 Å². The van der Waals surface area contributed by atoms with E-state index in [0.717, 1.165) is 30.0 Å². The van der Waals surface area contributed by atoms with E-state index in [-0.39, 0.29) is 29.4 Å². The Morgan fingerprint density at radius 1 is 1.31 bits per heavy atom. The van der Waals surface area contributed by atoms with E-state index in [1.54, 1.807) is 13.0 Å². The monoisotopic (exact) mass is 366 g/mol. The Labute approximate surface area is 149 Å². The van der Waals surface area contributed by atoms with E-state index in [1.165, 1.54) is 18.2 Å². The Hall–Kier alpha value is -2.35. The Morgan fingerprint density at radius 2 is 2.04 bits per heavy atom. The third-order valence-corrected chi connectivity index (χ3v) is 4.61. The number of carbonyl (C=O) groups excluding carboxylic acids is 1. The van der Waals surface area contributed by atoms with Crippen LogP contribution in [0.25, 0.3) is 5.69 Å². The molecular weight excluding hydrogens is 345 g/mol. The second-order valence-electron chi connectivity index (χ2n) is 6.71. The molecule has 140 valence electrons. The molecule has 26 heavy (non-hydrogen) atoms. The number of nitrogens with two attached hydrogens (primary N) is 1. The number of nitrogens with one attached hydrogen (secondary N) is 1. The highest BCUT2D eigenvalue weighted by Gasteiger charge is 2.34. The number of carbonyl (C=O) groups is 1. The molecule has 1 aliphatic rings. The van der Waals surface area contributed by atoms with E-state index in [2.05, 4.69) is 10.4 Å². The van der Waals surface area contributed by atoms with Gasteiger partial charge in [0, 0.05) is 18.0 Å². The molecule has 5 nitrogen and oxygen atoms in total. The van der Waals surface area contributed by atoms with Crippen molar-refractivity contribution in [1.82, 2.24) is 9.78 Å². The third-order valence-electron chi connectivity index (χ3n) is 4.61. The third kappa shape index (κ3) is 3.90. The summed E-state index contributed by atoms with van der Waals surface area (Å²) in [5.41, 5.74) is 5.51. The summed E-state index contributed by atoms with van der Waals surface area (Å²) in [5, 5.41) is 6.88. The van der Waals surface area contributed by atoms with Crippen LogP contribution in [-0.4, -0.2) is 21.7 Å². The van der Waals surface area contributed by atoms with Crippen molar-refractivity contribution in [2.75, 3.05) is 5.32 Å². The lowest BCUT2D eigenvalue weighted by molar-refractivity contribution is -0.137. The molecule has 2 aromatic rings. The second-order valence-corrected chi connectivity index (χ2v) is 6.71. The molecule has 2 atom stereocenters. The van der Waals surface area contributed by atoms with Crippen LogP contribution < -0.4 is 11.1 Å². The molecule has 8 heteroatoms. The van der Waals surface area contributed by atoms with Crippen LogP contribution in [0.4, 0.5) is 19.0 Å². The molecule has 3 N–H and O–H groups in total. The fourth-order valence-corrected chi connectivity index (χ4v) is 3.36. The number of rotatable bonds is 3. The van der Waals surface area contributed by atoms with Gasteiger partial charge in [0.05, 0.1) is 16.9 Å². The molecule has 0 radical (unpaired) electrons. The van der Waals surface area contributed by atoms with Crippen molar-refractivity contribution in [2.45, 2.75) is 44.8 Å². The quantitative estimate of drug-likeness (QED) is 0.871. The molecule has 1 heterocycles.